The van der Waals surface area contributed by atoms with Crippen molar-refractivity contribution in [1.82, 2.24) is 20.4 Å². The van der Waals surface area contributed by atoms with Crippen molar-refractivity contribution < 1.29 is 27.9 Å². The molecule has 1 aliphatic heterocycles. The van der Waals surface area contributed by atoms with Crippen molar-refractivity contribution in [1.29, 1.82) is 0 Å². The Balaban J connectivity index is 1.77. The highest BCUT2D eigenvalue weighted by atomic mass is 32.1. The first-order valence-corrected chi connectivity index (χ1v) is 7.99. The van der Waals surface area contributed by atoms with Gasteiger partial charge in [0, 0.05) is 39.1 Å². The minimum absolute atomic E-state index is 0.0212. The molecule has 134 valence electrons. The summed E-state index contributed by atoms with van der Waals surface area (Å²) in [5.41, 5.74) is 0. The number of carboxylic acid groups (broad SMARTS) is 1. The summed E-state index contributed by atoms with van der Waals surface area (Å²) in [7, 11) is 0. The van der Waals surface area contributed by atoms with Gasteiger partial charge in [0.15, 0.2) is 0 Å². The lowest BCUT2D eigenvalue weighted by atomic mass is 10.3. The topological polar surface area (TPSA) is 98.7 Å². The number of amides is 2. The summed E-state index contributed by atoms with van der Waals surface area (Å²) in [5.74, 6) is -0.923. The van der Waals surface area contributed by atoms with Crippen LogP contribution in [0.2, 0.25) is 0 Å². The second-order valence-electron chi connectivity index (χ2n) is 5.09. The van der Waals surface area contributed by atoms with Gasteiger partial charge in [-0.2, -0.15) is 13.2 Å². The van der Waals surface area contributed by atoms with E-state index in [0.29, 0.717) is 43.9 Å². The number of anilines is 1. The Morgan fingerprint density at radius 1 is 1.21 bits per heavy atom. The van der Waals surface area contributed by atoms with Gasteiger partial charge in [0.25, 0.3) is 0 Å². The Bertz CT molecular complexity index is 587. The molecule has 2 rings (SSSR count). The van der Waals surface area contributed by atoms with E-state index in [1.54, 1.807) is 4.90 Å². The molecule has 24 heavy (non-hydrogen) atoms. The Hall–Kier alpha value is -2.11. The zero-order valence-corrected chi connectivity index (χ0v) is 13.4. The van der Waals surface area contributed by atoms with Crippen LogP contribution in [0.25, 0.3) is 0 Å². The third kappa shape index (κ3) is 4.94. The molecule has 1 aromatic heterocycles. The van der Waals surface area contributed by atoms with Gasteiger partial charge in [-0.3, -0.25) is 4.79 Å². The van der Waals surface area contributed by atoms with Gasteiger partial charge in [0.05, 0.1) is 0 Å². The van der Waals surface area contributed by atoms with E-state index in [9.17, 15) is 22.8 Å². The molecular weight excluding hydrogens is 351 g/mol. The van der Waals surface area contributed by atoms with Crippen molar-refractivity contribution in [2.45, 2.75) is 19.0 Å². The number of alkyl halides is 3. The number of hydrogen-bond acceptors (Lipinski definition) is 6. The summed E-state index contributed by atoms with van der Waals surface area (Å²) in [6.45, 7) is 1.65. The van der Waals surface area contributed by atoms with Crippen molar-refractivity contribution in [2.24, 2.45) is 0 Å². The maximum Gasteiger partial charge on any atom is 0.445 e. The highest BCUT2D eigenvalue weighted by Gasteiger charge is 2.36. The number of hydrogen-bond donors (Lipinski definition) is 2. The molecule has 0 aliphatic carbocycles. The SMILES string of the molecule is O=C(O)CCCNC(=O)N1CCN(c2nnc(C(F)(F)F)s2)CC1. The molecule has 1 aliphatic rings. The van der Waals surface area contributed by atoms with Crippen LogP contribution in [0.4, 0.5) is 23.1 Å². The molecule has 2 heterocycles. The number of carboxylic acids is 1. The van der Waals surface area contributed by atoms with Crippen LogP contribution in [-0.2, 0) is 11.0 Å². The molecule has 0 unspecified atom stereocenters. The molecule has 2 N–H and O–H groups in total. The van der Waals surface area contributed by atoms with Crippen LogP contribution in [0.15, 0.2) is 0 Å². The molecular formula is C12H16F3N5O3S. The third-order valence-electron chi connectivity index (χ3n) is 3.34. The zero-order valence-electron chi connectivity index (χ0n) is 12.5. The average Bonchev–Trinajstić information content (AvgIpc) is 3.01. The predicted octanol–water partition coefficient (Wildman–Crippen LogP) is 1.25. The summed E-state index contributed by atoms with van der Waals surface area (Å²) in [5, 5.41) is 17.0. The van der Waals surface area contributed by atoms with Gasteiger partial charge >= 0.3 is 18.2 Å². The number of halogens is 3. The summed E-state index contributed by atoms with van der Waals surface area (Å²) in [6, 6.07) is -0.312. The second-order valence-corrected chi connectivity index (χ2v) is 6.05. The Kier molecular flexibility index (Phi) is 5.80. The van der Waals surface area contributed by atoms with E-state index in [2.05, 4.69) is 15.5 Å². The molecule has 0 saturated carbocycles. The predicted molar refractivity (Wildman–Crippen MR) is 79.0 cm³/mol. The van der Waals surface area contributed by atoms with Crippen molar-refractivity contribution in [3.8, 4) is 0 Å². The molecule has 0 bridgehead atoms. The van der Waals surface area contributed by atoms with E-state index in [1.165, 1.54) is 4.90 Å². The summed E-state index contributed by atoms with van der Waals surface area (Å²) in [6.07, 6.45) is -4.19. The first kappa shape index (κ1) is 18.2. The van der Waals surface area contributed by atoms with Crippen molar-refractivity contribution in [3.63, 3.8) is 0 Å². The van der Waals surface area contributed by atoms with Crippen LogP contribution >= 0.6 is 11.3 Å². The lowest BCUT2D eigenvalue weighted by Gasteiger charge is -2.34. The first-order chi connectivity index (χ1) is 11.3. The van der Waals surface area contributed by atoms with Gasteiger partial charge in [-0.15, -0.1) is 10.2 Å². The maximum absolute atomic E-state index is 12.5. The van der Waals surface area contributed by atoms with Gasteiger partial charge < -0.3 is 20.2 Å². The van der Waals surface area contributed by atoms with Gasteiger partial charge in [0.1, 0.15) is 0 Å². The number of rotatable bonds is 5. The fourth-order valence-electron chi connectivity index (χ4n) is 2.11. The highest BCUT2D eigenvalue weighted by Crippen LogP contribution is 2.34. The molecule has 2 amide bonds. The fraction of sp³-hybridized carbons (Fsp3) is 0.667. The second kappa shape index (κ2) is 7.64. The van der Waals surface area contributed by atoms with E-state index < -0.39 is 17.2 Å². The summed E-state index contributed by atoms with van der Waals surface area (Å²) >= 11 is 0.480. The number of nitrogens with zero attached hydrogens (tertiary/aromatic N) is 4. The normalized spacial score (nSPS) is 15.5. The first-order valence-electron chi connectivity index (χ1n) is 7.17. The molecule has 1 aromatic rings. The smallest absolute Gasteiger partial charge is 0.445 e. The molecule has 0 aromatic carbocycles. The molecule has 12 heteroatoms. The lowest BCUT2D eigenvalue weighted by molar-refractivity contribution is -0.138. The molecule has 0 atom stereocenters. The number of aliphatic carboxylic acids is 1. The van der Waals surface area contributed by atoms with Crippen LogP contribution in [0, 0.1) is 0 Å². The molecule has 0 spiro atoms. The molecule has 1 fully saturated rings. The number of carbonyl (C=O) groups is 2. The van der Waals surface area contributed by atoms with Crippen LogP contribution in [0.1, 0.15) is 17.8 Å². The number of aromatic nitrogens is 2. The van der Waals surface area contributed by atoms with E-state index in [4.69, 9.17) is 5.11 Å². The van der Waals surface area contributed by atoms with Crippen LogP contribution in [0.3, 0.4) is 0 Å². The Morgan fingerprint density at radius 3 is 2.42 bits per heavy atom. The van der Waals surface area contributed by atoms with E-state index in [0.717, 1.165) is 0 Å². The van der Waals surface area contributed by atoms with E-state index in [-0.39, 0.29) is 24.1 Å². The minimum Gasteiger partial charge on any atom is -0.481 e. The summed E-state index contributed by atoms with van der Waals surface area (Å²) < 4.78 is 37.6. The molecule has 8 nitrogen and oxygen atoms in total. The Labute approximate surface area is 139 Å². The number of carbonyl (C=O) groups excluding carboxylic acids is 1. The fourth-order valence-corrected chi connectivity index (χ4v) is 2.87. The molecule has 0 radical (unpaired) electrons. The average molecular weight is 367 g/mol. The van der Waals surface area contributed by atoms with Gasteiger partial charge in [-0.1, -0.05) is 11.3 Å². The van der Waals surface area contributed by atoms with Crippen LogP contribution in [0.5, 0.6) is 0 Å². The van der Waals surface area contributed by atoms with E-state index >= 15 is 0 Å². The lowest BCUT2D eigenvalue weighted by Crippen LogP contribution is -2.52. The van der Waals surface area contributed by atoms with E-state index in [1.807, 2.05) is 0 Å². The quantitative estimate of drug-likeness (QED) is 0.760. The third-order valence-corrected chi connectivity index (χ3v) is 4.37. The van der Waals surface area contributed by atoms with Gasteiger partial charge in [-0.05, 0) is 6.42 Å². The standard InChI is InChI=1S/C12H16F3N5O3S/c13-12(14,15)9-17-18-11(24-9)20-6-4-19(5-7-20)10(23)16-3-1-2-8(21)22/h1-7H2,(H,16,23)(H,21,22). The van der Waals surface area contributed by atoms with Gasteiger partial charge in [0.2, 0.25) is 10.1 Å². The Morgan fingerprint density at radius 2 is 1.88 bits per heavy atom. The van der Waals surface area contributed by atoms with Crippen molar-refractivity contribution in [3.05, 3.63) is 5.01 Å². The molecule has 1 saturated heterocycles. The van der Waals surface area contributed by atoms with Crippen LogP contribution < -0.4 is 10.2 Å². The minimum atomic E-state index is -4.51. The largest absolute Gasteiger partial charge is 0.481 e. The van der Waals surface area contributed by atoms with Crippen molar-refractivity contribution in [2.75, 3.05) is 37.6 Å². The van der Waals surface area contributed by atoms with Crippen LogP contribution in [-0.4, -0.2) is 64.9 Å². The summed E-state index contributed by atoms with van der Waals surface area (Å²) in [4.78, 5) is 25.5. The number of piperazine rings is 1. The monoisotopic (exact) mass is 367 g/mol. The van der Waals surface area contributed by atoms with Gasteiger partial charge in [-0.25, -0.2) is 4.79 Å². The zero-order chi connectivity index (χ0) is 17.7. The number of nitrogens with one attached hydrogen (secondary N) is 1. The van der Waals surface area contributed by atoms with Crippen molar-refractivity contribution >= 4 is 28.5 Å². The number of urea groups is 1. The maximum atomic E-state index is 12.5. The highest BCUT2D eigenvalue weighted by molar-refractivity contribution is 7.15.